The second-order valence-corrected chi connectivity index (χ2v) is 3.87. The molecule has 0 bridgehead atoms. The van der Waals surface area contributed by atoms with Crippen LogP contribution in [0.1, 0.15) is 15.9 Å². The molecule has 0 N–H and O–H groups in total. The first-order chi connectivity index (χ1) is 9.31. The van der Waals surface area contributed by atoms with Crippen LogP contribution in [0.2, 0.25) is 0 Å². The molecule has 0 aliphatic rings. The van der Waals surface area contributed by atoms with E-state index in [1.54, 1.807) is 0 Å². The lowest BCUT2D eigenvalue weighted by Crippen LogP contribution is -2.06. The Morgan fingerprint density at radius 2 is 1.84 bits per heavy atom. The summed E-state index contributed by atoms with van der Waals surface area (Å²) in [4.78, 5) is 10.7. The molecule has 2 aromatic carbocycles. The molecule has 0 aliphatic heterocycles. The molecule has 0 aliphatic carbocycles. The summed E-state index contributed by atoms with van der Waals surface area (Å²) >= 11 is 0. The second-order valence-electron chi connectivity index (χ2n) is 3.87. The number of halogens is 1. The first-order valence-electron chi connectivity index (χ1n) is 5.79. The summed E-state index contributed by atoms with van der Waals surface area (Å²) in [5, 5.41) is 0. The van der Waals surface area contributed by atoms with E-state index in [2.05, 4.69) is 0 Å². The fraction of sp³-hybridized carbons (Fsp3) is 0.133. The predicted molar refractivity (Wildman–Crippen MR) is 68.5 cm³/mol. The predicted octanol–water partition coefficient (Wildman–Crippen LogP) is 3.19. The molecule has 4 heteroatoms. The van der Waals surface area contributed by atoms with Crippen LogP contribution in [0.25, 0.3) is 0 Å². The number of ether oxygens (including phenoxy) is 2. The Hall–Kier alpha value is -2.20. The van der Waals surface area contributed by atoms with Crippen LogP contribution in [-0.2, 0) is 11.3 Å². The molecule has 2 aromatic rings. The summed E-state index contributed by atoms with van der Waals surface area (Å²) in [6.45, 7) is 0.252. The summed E-state index contributed by atoms with van der Waals surface area (Å²) in [6, 6.07) is 13.7. The van der Waals surface area contributed by atoms with E-state index in [0.717, 1.165) is 5.56 Å². The monoisotopic (exact) mass is 260 g/mol. The number of hydrogen-bond acceptors (Lipinski definition) is 3. The molecule has 0 saturated heterocycles. The number of aldehydes is 1. The van der Waals surface area contributed by atoms with Gasteiger partial charge < -0.3 is 9.47 Å². The van der Waals surface area contributed by atoms with Gasteiger partial charge in [-0.2, -0.15) is 0 Å². The first-order valence-corrected chi connectivity index (χ1v) is 5.79. The first kappa shape index (κ1) is 13.2. The van der Waals surface area contributed by atoms with Gasteiger partial charge >= 0.3 is 0 Å². The van der Waals surface area contributed by atoms with Crippen LogP contribution in [0.3, 0.4) is 0 Å². The van der Waals surface area contributed by atoms with E-state index in [0.29, 0.717) is 12.9 Å². The van der Waals surface area contributed by atoms with Crippen LogP contribution in [0.5, 0.6) is 5.75 Å². The molecule has 0 spiro atoms. The second kappa shape index (κ2) is 6.66. The standard InChI is InChI=1S/C15H13FO3/c16-14-8-4-7-13(9-17)15(14)19-11-18-10-12-5-2-1-3-6-12/h1-9H,10-11H2. The van der Waals surface area contributed by atoms with E-state index in [1.165, 1.54) is 18.2 Å². The van der Waals surface area contributed by atoms with Crippen LogP contribution >= 0.6 is 0 Å². The van der Waals surface area contributed by atoms with Crippen LogP contribution in [0.4, 0.5) is 4.39 Å². The van der Waals surface area contributed by atoms with E-state index < -0.39 is 5.82 Å². The molecule has 0 heterocycles. The normalized spacial score (nSPS) is 10.2. The Morgan fingerprint density at radius 1 is 1.05 bits per heavy atom. The van der Waals surface area contributed by atoms with Gasteiger partial charge in [-0.15, -0.1) is 0 Å². The molecular weight excluding hydrogens is 247 g/mol. The lowest BCUT2D eigenvalue weighted by Gasteiger charge is -2.09. The summed E-state index contributed by atoms with van der Waals surface area (Å²) in [5.41, 5.74) is 1.17. The average Bonchev–Trinajstić information content (AvgIpc) is 2.46. The van der Waals surface area contributed by atoms with Crippen molar-refractivity contribution in [2.45, 2.75) is 6.61 Å². The van der Waals surface area contributed by atoms with Crippen molar-refractivity contribution in [3.63, 3.8) is 0 Å². The van der Waals surface area contributed by atoms with Gasteiger partial charge in [-0.25, -0.2) is 4.39 Å². The highest BCUT2D eigenvalue weighted by Gasteiger charge is 2.08. The molecule has 19 heavy (non-hydrogen) atoms. The number of benzene rings is 2. The molecule has 0 amide bonds. The number of para-hydroxylation sites is 1. The van der Waals surface area contributed by atoms with Gasteiger partial charge in [0.25, 0.3) is 0 Å². The van der Waals surface area contributed by atoms with Gasteiger partial charge in [0.1, 0.15) is 0 Å². The van der Waals surface area contributed by atoms with Gasteiger partial charge in [0.05, 0.1) is 12.2 Å². The highest BCUT2D eigenvalue weighted by molar-refractivity contribution is 5.79. The van der Waals surface area contributed by atoms with Crippen molar-refractivity contribution < 1.29 is 18.7 Å². The Morgan fingerprint density at radius 3 is 2.58 bits per heavy atom. The highest BCUT2D eigenvalue weighted by atomic mass is 19.1. The molecule has 98 valence electrons. The van der Waals surface area contributed by atoms with Gasteiger partial charge in [0.15, 0.2) is 24.6 Å². The number of hydrogen-bond donors (Lipinski definition) is 0. The van der Waals surface area contributed by atoms with Crippen molar-refractivity contribution in [2.75, 3.05) is 6.79 Å². The number of carbonyl (C=O) groups excluding carboxylic acids is 1. The van der Waals surface area contributed by atoms with Crippen LogP contribution in [0.15, 0.2) is 48.5 Å². The smallest absolute Gasteiger partial charge is 0.189 e. The average molecular weight is 260 g/mol. The zero-order chi connectivity index (χ0) is 13.5. The zero-order valence-corrected chi connectivity index (χ0v) is 10.2. The van der Waals surface area contributed by atoms with Gasteiger partial charge in [-0.05, 0) is 17.7 Å². The van der Waals surface area contributed by atoms with E-state index in [9.17, 15) is 9.18 Å². The van der Waals surface area contributed by atoms with Crippen molar-refractivity contribution >= 4 is 6.29 Å². The Balaban J connectivity index is 1.88. The molecule has 0 aromatic heterocycles. The van der Waals surface area contributed by atoms with E-state index >= 15 is 0 Å². The van der Waals surface area contributed by atoms with Crippen molar-refractivity contribution in [2.24, 2.45) is 0 Å². The molecule has 2 rings (SSSR count). The lowest BCUT2D eigenvalue weighted by atomic mass is 10.2. The molecule has 0 atom stereocenters. The Bertz CT molecular complexity index is 540. The summed E-state index contributed by atoms with van der Waals surface area (Å²) in [7, 11) is 0. The molecule has 0 radical (unpaired) electrons. The Kier molecular flexibility index (Phi) is 4.64. The van der Waals surface area contributed by atoms with Crippen LogP contribution in [-0.4, -0.2) is 13.1 Å². The topological polar surface area (TPSA) is 35.5 Å². The van der Waals surface area contributed by atoms with Gasteiger partial charge in [-0.1, -0.05) is 36.4 Å². The molecule has 0 saturated carbocycles. The summed E-state index contributed by atoms with van der Waals surface area (Å²) in [6.07, 6.45) is 0.551. The largest absolute Gasteiger partial charge is 0.464 e. The Labute approximate surface area is 110 Å². The minimum Gasteiger partial charge on any atom is -0.464 e. The van der Waals surface area contributed by atoms with Crippen LogP contribution < -0.4 is 4.74 Å². The van der Waals surface area contributed by atoms with Gasteiger partial charge in [0.2, 0.25) is 0 Å². The third-order valence-corrected chi connectivity index (χ3v) is 2.52. The van der Waals surface area contributed by atoms with Crippen LogP contribution in [0, 0.1) is 5.82 Å². The third-order valence-electron chi connectivity index (χ3n) is 2.52. The number of carbonyl (C=O) groups is 1. The highest BCUT2D eigenvalue weighted by Crippen LogP contribution is 2.21. The minimum absolute atomic E-state index is 0.0782. The van der Waals surface area contributed by atoms with E-state index in [1.807, 2.05) is 30.3 Å². The summed E-state index contributed by atoms with van der Waals surface area (Å²) in [5.74, 6) is -0.654. The maximum Gasteiger partial charge on any atom is 0.189 e. The van der Waals surface area contributed by atoms with Crippen molar-refractivity contribution in [3.05, 3.63) is 65.5 Å². The molecule has 3 nitrogen and oxygen atoms in total. The van der Waals surface area contributed by atoms with E-state index in [-0.39, 0.29) is 18.1 Å². The molecule has 0 fully saturated rings. The summed E-state index contributed by atoms with van der Waals surface area (Å²) < 4.78 is 23.9. The third kappa shape index (κ3) is 3.63. The SMILES string of the molecule is O=Cc1cccc(F)c1OCOCc1ccccc1. The minimum atomic E-state index is -0.576. The zero-order valence-electron chi connectivity index (χ0n) is 10.2. The maximum atomic E-state index is 13.4. The molecular formula is C15H13FO3. The van der Waals surface area contributed by atoms with Crippen molar-refractivity contribution in [1.29, 1.82) is 0 Å². The van der Waals surface area contributed by atoms with Gasteiger partial charge in [-0.3, -0.25) is 4.79 Å². The van der Waals surface area contributed by atoms with Crippen molar-refractivity contribution in [3.8, 4) is 5.75 Å². The van der Waals surface area contributed by atoms with E-state index in [4.69, 9.17) is 9.47 Å². The fourth-order valence-corrected chi connectivity index (χ4v) is 1.60. The van der Waals surface area contributed by atoms with Crippen molar-refractivity contribution in [1.82, 2.24) is 0 Å². The fourth-order valence-electron chi connectivity index (χ4n) is 1.60. The molecule has 0 unspecified atom stereocenters. The van der Waals surface area contributed by atoms with Gasteiger partial charge in [0, 0.05) is 0 Å². The maximum absolute atomic E-state index is 13.4. The lowest BCUT2D eigenvalue weighted by molar-refractivity contribution is 0.00274. The number of rotatable bonds is 6. The quantitative estimate of drug-likeness (QED) is 0.454.